The van der Waals surface area contributed by atoms with Crippen LogP contribution >= 0.6 is 0 Å². The molecule has 3 aliphatic rings. The van der Waals surface area contributed by atoms with E-state index in [1.807, 2.05) is 0 Å². The van der Waals surface area contributed by atoms with Crippen LogP contribution in [0.2, 0.25) is 0 Å². The number of aromatic nitrogens is 2. The van der Waals surface area contributed by atoms with Crippen molar-refractivity contribution in [2.45, 2.75) is 54.9 Å². The van der Waals surface area contributed by atoms with E-state index >= 15 is 0 Å². The average Bonchev–Trinajstić information content (AvgIpc) is 3.41. The summed E-state index contributed by atoms with van der Waals surface area (Å²) >= 11 is -1.81. The Hall–Kier alpha value is -3.43. The number of hydrogen-bond acceptors (Lipinski definition) is 7. The fraction of sp³-hybridized carbons (Fsp3) is 0.467. The Bertz CT molecular complexity index is 1560. The van der Waals surface area contributed by atoms with Crippen molar-refractivity contribution in [3.63, 3.8) is 0 Å². The van der Waals surface area contributed by atoms with E-state index in [0.717, 1.165) is 19.3 Å². The van der Waals surface area contributed by atoms with Gasteiger partial charge in [0.15, 0.2) is 0 Å². The molecule has 5 heterocycles. The molecule has 0 spiro atoms. The van der Waals surface area contributed by atoms with Crippen molar-refractivity contribution in [2.24, 2.45) is 0 Å². The number of carbonyl (C=O) groups excluding carboxylic acids is 1. The van der Waals surface area contributed by atoms with Crippen LogP contribution in [0.4, 0.5) is 24.7 Å². The Kier molecular flexibility index (Phi) is 8.47. The van der Waals surface area contributed by atoms with Gasteiger partial charge in [-0.25, -0.2) is 0 Å². The molecule has 0 aliphatic carbocycles. The third-order valence-corrected chi connectivity index (χ3v) is 10.1. The van der Waals surface area contributed by atoms with Gasteiger partial charge in [0, 0.05) is 0 Å². The molecule has 3 N–H and O–H groups in total. The standard InChI is InChI=1S/C30H33F3N6O3Se/c1-38-21-6-8-22(24(38)9-7-21)37-27-25-15-19(29(43-30(31,32)33)39(25)13-12-35-27)4-3-11-34-23-14-18(5-10-26(23)41-2)28(40)36-20-16-42-17-20/h5,10,12-15,20-22,24,34H,6-9,11,16-17H2,1-2H3,(H,35,37)(H,36,40)/t21-,22-,24-/m1/s1. The van der Waals surface area contributed by atoms with Crippen molar-refractivity contribution >= 4 is 42.5 Å². The SMILES string of the molecule is COc1ccc(C(=O)NC2COC2)cc1NCC#Cc1cc2c(N[C@@H]3CC[C@@H]4CC[C@H]3N4C)nccn2c1[Se]C(F)(F)F. The molecule has 3 saturated heterocycles. The molecule has 13 heteroatoms. The number of likely N-dealkylation sites (N-methyl/N-ethyl adjacent to an activating group) is 1. The van der Waals surface area contributed by atoms with Gasteiger partial charge in [-0.3, -0.25) is 0 Å². The molecule has 0 unspecified atom stereocenters. The van der Waals surface area contributed by atoms with Gasteiger partial charge in [0.2, 0.25) is 0 Å². The number of alkyl halides is 3. The van der Waals surface area contributed by atoms with E-state index in [9.17, 15) is 18.0 Å². The topological polar surface area (TPSA) is 92.2 Å². The van der Waals surface area contributed by atoms with Gasteiger partial charge in [0.1, 0.15) is 0 Å². The second-order valence-electron chi connectivity index (χ2n) is 11.0. The normalized spacial score (nSPS) is 22.0. The van der Waals surface area contributed by atoms with Crippen molar-refractivity contribution in [3.05, 3.63) is 47.8 Å². The number of halogens is 3. The first kappa shape index (κ1) is 29.6. The Labute approximate surface area is 254 Å². The zero-order valence-corrected chi connectivity index (χ0v) is 25.5. The van der Waals surface area contributed by atoms with Gasteiger partial charge >= 0.3 is 236 Å². The van der Waals surface area contributed by atoms with E-state index in [0.29, 0.717) is 59.2 Å². The maximum absolute atomic E-state index is 13.7. The molecule has 43 heavy (non-hydrogen) atoms. The zero-order chi connectivity index (χ0) is 30.1. The number of anilines is 2. The molecule has 0 radical (unpaired) electrons. The van der Waals surface area contributed by atoms with Crippen LogP contribution in [0.25, 0.3) is 5.52 Å². The van der Waals surface area contributed by atoms with E-state index in [1.54, 1.807) is 41.1 Å². The fourth-order valence-corrected chi connectivity index (χ4v) is 7.59. The van der Waals surface area contributed by atoms with Gasteiger partial charge in [0.25, 0.3) is 0 Å². The zero-order valence-electron chi connectivity index (χ0n) is 23.8. The number of fused-ring (bicyclic) bond motifs is 3. The van der Waals surface area contributed by atoms with E-state index < -0.39 is 20.0 Å². The Morgan fingerprint density at radius 3 is 2.77 bits per heavy atom. The second-order valence-corrected chi connectivity index (χ2v) is 13.2. The first-order chi connectivity index (χ1) is 20.7. The molecule has 3 aromatic rings. The molecule has 3 fully saturated rings. The summed E-state index contributed by atoms with van der Waals surface area (Å²) in [6, 6.07) is 7.88. The number of ether oxygens (including phenoxy) is 2. The van der Waals surface area contributed by atoms with E-state index in [-0.39, 0.29) is 29.1 Å². The van der Waals surface area contributed by atoms with Crippen LogP contribution in [0.1, 0.15) is 41.6 Å². The fourth-order valence-electron chi connectivity index (χ4n) is 6.13. The molecular formula is C30H33F3N6O3Se. The number of rotatable bonds is 8. The van der Waals surface area contributed by atoms with E-state index in [4.69, 9.17) is 9.47 Å². The summed E-state index contributed by atoms with van der Waals surface area (Å²) in [7, 11) is 3.67. The minimum absolute atomic E-state index is 0.00714. The van der Waals surface area contributed by atoms with E-state index in [1.165, 1.54) is 13.5 Å². The number of nitrogens with zero attached hydrogens (tertiary/aromatic N) is 3. The summed E-state index contributed by atoms with van der Waals surface area (Å²) in [6.45, 7) is 1.10. The predicted molar refractivity (Wildman–Crippen MR) is 158 cm³/mol. The van der Waals surface area contributed by atoms with Crippen LogP contribution in [0, 0.1) is 11.8 Å². The van der Waals surface area contributed by atoms with Crippen LogP contribution in [0.3, 0.4) is 0 Å². The first-order valence-corrected chi connectivity index (χ1v) is 15.9. The summed E-state index contributed by atoms with van der Waals surface area (Å²) in [4.78, 5) is 19.5. The number of methoxy groups -OCH3 is 1. The van der Waals surface area contributed by atoms with Crippen molar-refractivity contribution in [2.75, 3.05) is 44.5 Å². The molecule has 3 aliphatic heterocycles. The quantitative estimate of drug-likeness (QED) is 0.253. The van der Waals surface area contributed by atoms with Crippen molar-refractivity contribution in [1.82, 2.24) is 19.6 Å². The third-order valence-electron chi connectivity index (χ3n) is 8.38. The molecule has 2 aromatic heterocycles. The monoisotopic (exact) mass is 662 g/mol. The Balaban J connectivity index is 1.23. The summed E-state index contributed by atoms with van der Waals surface area (Å²) in [5.41, 5.74) is 1.90. The Morgan fingerprint density at radius 2 is 2.02 bits per heavy atom. The van der Waals surface area contributed by atoms with Crippen LogP contribution in [0.5, 0.6) is 5.75 Å². The van der Waals surface area contributed by atoms with Gasteiger partial charge in [-0.1, -0.05) is 0 Å². The number of hydrogen-bond donors (Lipinski definition) is 3. The third kappa shape index (κ3) is 6.43. The van der Waals surface area contributed by atoms with Gasteiger partial charge < -0.3 is 4.74 Å². The second kappa shape index (κ2) is 12.3. The van der Waals surface area contributed by atoms with Crippen molar-refractivity contribution < 1.29 is 27.4 Å². The molecule has 228 valence electrons. The number of piperidine rings is 1. The maximum atomic E-state index is 13.7. The number of nitrogens with one attached hydrogen (secondary N) is 3. The molecule has 9 nitrogen and oxygen atoms in total. The first-order valence-electron chi connectivity index (χ1n) is 14.2. The minimum atomic E-state index is -4.35. The molecule has 3 atom stereocenters. The van der Waals surface area contributed by atoms with Crippen LogP contribution in [-0.2, 0) is 4.74 Å². The van der Waals surface area contributed by atoms with Gasteiger partial charge in [-0.05, 0) is 0 Å². The summed E-state index contributed by atoms with van der Waals surface area (Å²) in [6.07, 6.45) is 7.48. The average molecular weight is 662 g/mol. The molecule has 6 rings (SSSR count). The molecule has 2 bridgehead atoms. The van der Waals surface area contributed by atoms with Crippen LogP contribution in [-0.4, -0.2) is 98.3 Å². The molecular weight excluding hydrogens is 628 g/mol. The van der Waals surface area contributed by atoms with Crippen molar-refractivity contribution in [1.29, 1.82) is 0 Å². The number of amides is 1. The number of carbonyl (C=O) groups is 1. The summed E-state index contributed by atoms with van der Waals surface area (Å²) < 4.78 is 53.4. The van der Waals surface area contributed by atoms with Gasteiger partial charge in [0.05, 0.1) is 13.2 Å². The van der Waals surface area contributed by atoms with Crippen LogP contribution < -0.4 is 25.3 Å². The van der Waals surface area contributed by atoms with Crippen molar-refractivity contribution in [3.8, 4) is 17.6 Å². The van der Waals surface area contributed by atoms with E-state index in [2.05, 4.69) is 44.7 Å². The van der Waals surface area contributed by atoms with Gasteiger partial charge in [-0.15, -0.1) is 0 Å². The molecule has 1 aromatic carbocycles. The Morgan fingerprint density at radius 1 is 1.21 bits per heavy atom. The van der Waals surface area contributed by atoms with Crippen LogP contribution in [0.15, 0.2) is 36.7 Å². The summed E-state index contributed by atoms with van der Waals surface area (Å²) in [5, 5.41) is 5.25. The molecule has 0 saturated carbocycles. The number of benzene rings is 1. The predicted octanol–water partition coefficient (Wildman–Crippen LogP) is 2.82. The van der Waals surface area contributed by atoms with Gasteiger partial charge in [-0.2, -0.15) is 0 Å². The molecule has 1 amide bonds. The summed E-state index contributed by atoms with van der Waals surface area (Å²) in [5.74, 6) is 6.79.